The van der Waals surface area contributed by atoms with Crippen LogP contribution in [0.3, 0.4) is 0 Å². The quantitative estimate of drug-likeness (QED) is 0.0926. The number of hydrogen-bond acceptors (Lipinski definition) is 12. The molecule has 17 rings (SSSR count). The molecule has 7 heterocycles. The van der Waals surface area contributed by atoms with Crippen molar-refractivity contribution in [3.8, 4) is 22.3 Å². The SMILES string of the molecule is Cc1cccc(C)c1N1C=CN(c2c(C)ccnc2C)[C@@H]1C.Cc1ccccc1N1C=CN(c2c(-c3ccccc3)cccc2-c2ccccc2)[C@H]1C.Cc1ccccc1N1C=CN(c2c(C(C)C)cccc2C(C)C)[C@H]1C.Cc1ccccc1N1C=CN(c2c(C)cccc2C)[C@H]1C.Cc1ccnc(C)c1N1C=CN(c2c(C(C)C)cccc2C(C)C)[C@H]1C. The van der Waals surface area contributed by atoms with Gasteiger partial charge in [-0.2, -0.15) is 0 Å². The third-order valence-corrected chi connectivity index (χ3v) is 25.3. The summed E-state index contributed by atoms with van der Waals surface area (Å²) in [5.41, 5.74) is 37.2. The Morgan fingerprint density at radius 1 is 0.200 bits per heavy atom. The minimum Gasteiger partial charge on any atom is -0.325 e. The third-order valence-electron chi connectivity index (χ3n) is 25.3. The molecule has 0 saturated heterocycles. The van der Waals surface area contributed by atoms with Crippen LogP contribution < -0.4 is 49.0 Å². The summed E-state index contributed by atoms with van der Waals surface area (Å²) in [6.45, 7) is 53.2. The molecule has 0 aliphatic carbocycles. The lowest BCUT2D eigenvalue weighted by atomic mass is 9.92. The second-order valence-electron chi connectivity index (χ2n) is 35.3. The Hall–Kier alpha value is -12.8. The monoisotopic (exact) mass is 1660 g/mol. The van der Waals surface area contributed by atoms with Crippen LogP contribution >= 0.6 is 0 Å². The smallest absolute Gasteiger partial charge is 0.107 e. The number of pyridine rings is 2. The zero-order valence-electron chi connectivity index (χ0n) is 78.5. The Bertz CT molecular complexity index is 5620. The number of para-hydroxylation sites is 8. The Morgan fingerprint density at radius 2 is 0.416 bits per heavy atom. The van der Waals surface area contributed by atoms with Crippen LogP contribution in [0.15, 0.2) is 311 Å². The molecule has 0 bridgehead atoms. The van der Waals surface area contributed by atoms with Crippen molar-refractivity contribution < 1.29 is 0 Å². The highest BCUT2D eigenvalue weighted by Crippen LogP contribution is 2.47. The molecule has 5 aliphatic heterocycles. The molecule has 644 valence electrons. The van der Waals surface area contributed by atoms with Gasteiger partial charge in [-0.15, -0.1) is 0 Å². The van der Waals surface area contributed by atoms with Gasteiger partial charge in [0.2, 0.25) is 0 Å². The summed E-state index contributed by atoms with van der Waals surface area (Å²) >= 11 is 0. The number of benzene rings is 10. The van der Waals surface area contributed by atoms with E-state index in [1.807, 2.05) is 12.4 Å². The first-order valence-electron chi connectivity index (χ1n) is 45.0. The van der Waals surface area contributed by atoms with E-state index in [-0.39, 0.29) is 30.8 Å². The van der Waals surface area contributed by atoms with Crippen LogP contribution in [-0.4, -0.2) is 40.8 Å². The largest absolute Gasteiger partial charge is 0.325 e. The van der Waals surface area contributed by atoms with E-state index in [0.717, 1.165) is 11.4 Å². The predicted molar refractivity (Wildman–Crippen MR) is 537 cm³/mol. The molecule has 2 aromatic heterocycles. The molecule has 12 aromatic rings. The average Bonchev–Trinajstić information content (AvgIpc) is 1.74. The number of nitrogens with zero attached hydrogens (tertiary/aromatic N) is 12. The van der Waals surface area contributed by atoms with Gasteiger partial charge < -0.3 is 49.0 Å². The van der Waals surface area contributed by atoms with Crippen molar-refractivity contribution in [2.24, 2.45) is 0 Å². The van der Waals surface area contributed by atoms with Crippen molar-refractivity contribution in [2.75, 3.05) is 49.0 Å². The Balaban J connectivity index is 0.000000135. The van der Waals surface area contributed by atoms with Crippen LogP contribution in [0.2, 0.25) is 0 Å². The second kappa shape index (κ2) is 39.8. The van der Waals surface area contributed by atoms with Gasteiger partial charge in [-0.1, -0.05) is 262 Å². The van der Waals surface area contributed by atoms with Gasteiger partial charge in [-0.05, 0) is 248 Å². The van der Waals surface area contributed by atoms with E-state index in [2.05, 4.69) is 524 Å². The predicted octanol–water partition coefficient (Wildman–Crippen LogP) is 29.2. The number of rotatable bonds is 16. The maximum absolute atomic E-state index is 4.51. The van der Waals surface area contributed by atoms with Crippen LogP contribution in [0, 0.1) is 76.2 Å². The molecular formula is C113H132N12. The van der Waals surface area contributed by atoms with E-state index in [1.54, 1.807) is 0 Å². The number of aryl methyl sites for hydroxylation is 11. The van der Waals surface area contributed by atoms with Crippen molar-refractivity contribution in [2.45, 2.75) is 221 Å². The zero-order chi connectivity index (χ0) is 89.2. The maximum atomic E-state index is 4.51. The van der Waals surface area contributed by atoms with Crippen LogP contribution in [0.1, 0.15) is 197 Å². The van der Waals surface area contributed by atoms with Gasteiger partial charge in [-0.25, -0.2) is 0 Å². The molecule has 0 amide bonds. The highest BCUT2D eigenvalue weighted by atomic mass is 15.4. The molecule has 5 atom stereocenters. The minimum atomic E-state index is 0.161. The summed E-state index contributed by atoms with van der Waals surface area (Å²) in [4.78, 5) is 32.7. The van der Waals surface area contributed by atoms with Crippen LogP contribution in [-0.2, 0) is 0 Å². The second-order valence-corrected chi connectivity index (χ2v) is 35.3. The van der Waals surface area contributed by atoms with Crippen LogP contribution in [0.4, 0.5) is 56.9 Å². The first kappa shape index (κ1) is 89.9. The summed E-state index contributed by atoms with van der Waals surface area (Å²) in [6.07, 6.45) is 26.9. The summed E-state index contributed by atoms with van der Waals surface area (Å²) in [7, 11) is 0. The Kier molecular flexibility index (Phi) is 28.6. The van der Waals surface area contributed by atoms with Crippen molar-refractivity contribution >= 4 is 56.9 Å². The van der Waals surface area contributed by atoms with Gasteiger partial charge >= 0.3 is 0 Å². The standard InChI is InChI=1S/C29H26N2.C23H31N3.C23H30N2.C19H23N3.C19H22N2/c1-22-12-9-10-19-28(22)30-20-21-31(23(30)2)29-26(24-13-5-3-6-14-24)17-11-18-27(29)25-15-7-4-8-16-25;1-15(2)20-9-8-10-21(16(3)4)23(20)26-14-13-25(19(26)7)22-17(5)11-12-24-18(22)6;1-16(2)20-11-9-12-21(17(3)4)23(20)25-15-14-24(19(25)6)22-13-8-7-10-18(22)5;1-13-7-6-8-14(2)18(13)21-11-12-22(17(21)5)19-15(3)9-10-20-16(19)4;1-14-8-5-6-11-18(14)20-12-13-21(17(20)4)19-15(2)9-7-10-16(19)3/h3-21,23H,1-2H3;8-16,19H,1-7H3;7-17,19H,1-6H3;6-12,17H,1-5H3;5-13,17H,1-4H3/t23-;2*19-;2*17-/m00010/s1. The van der Waals surface area contributed by atoms with E-state index >= 15 is 0 Å². The van der Waals surface area contributed by atoms with Gasteiger partial charge in [-0.3, -0.25) is 9.97 Å². The summed E-state index contributed by atoms with van der Waals surface area (Å²) in [6, 6.07) is 84.3. The zero-order valence-corrected chi connectivity index (χ0v) is 78.5. The molecule has 0 unspecified atom stereocenters. The lowest BCUT2D eigenvalue weighted by Gasteiger charge is -2.34. The van der Waals surface area contributed by atoms with E-state index in [0.29, 0.717) is 23.7 Å². The third kappa shape index (κ3) is 19.1. The lowest BCUT2D eigenvalue weighted by molar-refractivity contribution is 0.724. The molecule has 12 nitrogen and oxygen atoms in total. The van der Waals surface area contributed by atoms with Gasteiger partial charge in [0.25, 0.3) is 0 Å². The van der Waals surface area contributed by atoms with E-state index in [4.69, 9.17) is 0 Å². The Morgan fingerprint density at radius 3 is 0.696 bits per heavy atom. The molecule has 125 heavy (non-hydrogen) atoms. The molecular weight excluding hydrogens is 1530 g/mol. The Labute approximate surface area is 748 Å². The minimum absolute atomic E-state index is 0.161. The molecule has 0 fully saturated rings. The fourth-order valence-electron chi connectivity index (χ4n) is 18.6. The maximum Gasteiger partial charge on any atom is 0.107 e. The molecule has 0 N–H and O–H groups in total. The fraction of sp³-hybridized carbons (Fsp3) is 0.292. The molecule has 10 aromatic carbocycles. The molecule has 0 saturated carbocycles. The van der Waals surface area contributed by atoms with Crippen molar-refractivity contribution in [1.82, 2.24) is 9.97 Å². The lowest BCUT2D eigenvalue weighted by Crippen LogP contribution is -2.37. The van der Waals surface area contributed by atoms with Crippen molar-refractivity contribution in [1.29, 1.82) is 0 Å². The molecule has 5 aliphatic rings. The van der Waals surface area contributed by atoms with Gasteiger partial charge in [0.1, 0.15) is 30.8 Å². The summed E-state index contributed by atoms with van der Waals surface area (Å²) < 4.78 is 0. The molecule has 0 radical (unpaired) electrons. The highest BCUT2D eigenvalue weighted by molar-refractivity contribution is 5.93. The van der Waals surface area contributed by atoms with Crippen LogP contribution in [0.25, 0.3) is 22.3 Å². The van der Waals surface area contributed by atoms with Gasteiger partial charge in [0, 0.05) is 125 Å². The topological polar surface area (TPSA) is 58.2 Å². The summed E-state index contributed by atoms with van der Waals surface area (Å²) in [5.74, 6) is 1.98. The fourth-order valence-corrected chi connectivity index (χ4v) is 18.6. The van der Waals surface area contributed by atoms with E-state index in [9.17, 15) is 0 Å². The first-order valence-corrected chi connectivity index (χ1v) is 45.0. The first-order chi connectivity index (χ1) is 60.1. The summed E-state index contributed by atoms with van der Waals surface area (Å²) in [5, 5.41) is 0. The van der Waals surface area contributed by atoms with Gasteiger partial charge in [0.15, 0.2) is 0 Å². The number of anilines is 10. The highest BCUT2D eigenvalue weighted by Gasteiger charge is 2.35. The number of aromatic nitrogens is 2. The van der Waals surface area contributed by atoms with E-state index < -0.39 is 0 Å². The number of hydrogen-bond donors (Lipinski definition) is 0. The van der Waals surface area contributed by atoms with Crippen molar-refractivity contribution in [3.63, 3.8) is 0 Å². The average molecular weight is 1660 g/mol. The molecule has 0 spiro atoms. The molecule has 12 heteroatoms. The van der Waals surface area contributed by atoms with Crippen molar-refractivity contribution in [3.05, 3.63) is 395 Å². The van der Waals surface area contributed by atoms with E-state index in [1.165, 1.54) is 151 Å². The normalized spacial score (nSPS) is 16.8. The van der Waals surface area contributed by atoms with Gasteiger partial charge in [0.05, 0.1) is 28.5 Å². The van der Waals surface area contributed by atoms with Crippen LogP contribution in [0.5, 0.6) is 0 Å².